The van der Waals surface area contributed by atoms with Crippen molar-refractivity contribution in [2.24, 2.45) is 5.73 Å². The van der Waals surface area contributed by atoms with E-state index in [9.17, 15) is 5.21 Å². The number of nitrogens with two attached hydrogens (primary N) is 1. The standard InChI is InChI=1S/C8H22N4O/c1-5-11(12(13)6-2)7-8(9)10(3)4/h8,13H,5-7,9H2,1-4H3. The Kier molecular flexibility index (Phi) is 6.19. The molecule has 0 spiro atoms. The van der Waals surface area contributed by atoms with Crippen molar-refractivity contribution < 1.29 is 5.21 Å². The Bertz CT molecular complexity index is 131. The zero-order valence-electron chi connectivity index (χ0n) is 9.06. The van der Waals surface area contributed by atoms with Gasteiger partial charge in [0, 0.05) is 19.6 Å². The van der Waals surface area contributed by atoms with Crippen LogP contribution in [0.25, 0.3) is 0 Å². The Morgan fingerprint density at radius 3 is 2.08 bits per heavy atom. The Morgan fingerprint density at radius 1 is 1.23 bits per heavy atom. The molecule has 0 bridgehead atoms. The minimum Gasteiger partial charge on any atom is -0.315 e. The molecule has 0 heterocycles. The van der Waals surface area contributed by atoms with Crippen molar-refractivity contribution in [1.82, 2.24) is 15.1 Å². The van der Waals surface area contributed by atoms with Crippen LogP contribution in [0, 0.1) is 0 Å². The second kappa shape index (κ2) is 6.28. The summed E-state index contributed by atoms with van der Waals surface area (Å²) in [6.45, 7) is 5.85. The summed E-state index contributed by atoms with van der Waals surface area (Å²) in [5, 5.41) is 12.4. The van der Waals surface area contributed by atoms with Crippen LogP contribution in [-0.2, 0) is 0 Å². The molecular formula is C8H22N4O. The van der Waals surface area contributed by atoms with Gasteiger partial charge >= 0.3 is 0 Å². The van der Waals surface area contributed by atoms with Crippen molar-refractivity contribution in [3.05, 3.63) is 0 Å². The molecule has 80 valence electrons. The van der Waals surface area contributed by atoms with E-state index < -0.39 is 0 Å². The van der Waals surface area contributed by atoms with Crippen molar-refractivity contribution >= 4 is 0 Å². The first kappa shape index (κ1) is 12.8. The molecule has 0 saturated heterocycles. The monoisotopic (exact) mass is 190 g/mol. The summed E-state index contributed by atoms with van der Waals surface area (Å²) in [5.41, 5.74) is 5.83. The number of hydrogen-bond donors (Lipinski definition) is 2. The SMILES string of the molecule is CCN(O)N(CC)CC(N)N(C)C. The quantitative estimate of drug-likeness (QED) is 0.448. The molecule has 1 atom stereocenters. The van der Waals surface area contributed by atoms with Gasteiger partial charge in [-0.1, -0.05) is 6.92 Å². The van der Waals surface area contributed by atoms with Crippen LogP contribution >= 0.6 is 0 Å². The van der Waals surface area contributed by atoms with Gasteiger partial charge in [0.15, 0.2) is 0 Å². The molecule has 0 aromatic rings. The van der Waals surface area contributed by atoms with Crippen LogP contribution in [0.2, 0.25) is 0 Å². The van der Waals surface area contributed by atoms with Gasteiger partial charge in [-0.3, -0.25) is 10.1 Å². The summed E-state index contributed by atoms with van der Waals surface area (Å²) < 4.78 is 0. The maximum atomic E-state index is 9.43. The topological polar surface area (TPSA) is 56.0 Å². The van der Waals surface area contributed by atoms with Crippen LogP contribution in [-0.4, -0.2) is 60.2 Å². The van der Waals surface area contributed by atoms with Crippen molar-refractivity contribution in [3.8, 4) is 0 Å². The maximum absolute atomic E-state index is 9.43. The summed E-state index contributed by atoms with van der Waals surface area (Å²) in [5.74, 6) is 0. The lowest BCUT2D eigenvalue weighted by molar-refractivity contribution is -0.245. The van der Waals surface area contributed by atoms with Gasteiger partial charge in [0.2, 0.25) is 0 Å². The molecule has 0 aliphatic rings. The first-order chi connectivity index (χ1) is 6.02. The lowest BCUT2D eigenvalue weighted by Crippen LogP contribution is -2.51. The van der Waals surface area contributed by atoms with E-state index in [0.29, 0.717) is 13.1 Å². The zero-order valence-corrected chi connectivity index (χ0v) is 9.06. The number of likely N-dealkylation sites (N-methyl/N-ethyl adjacent to an activating group) is 2. The molecule has 0 fully saturated rings. The number of hydroxylamine groups is 1. The van der Waals surface area contributed by atoms with E-state index in [1.807, 2.05) is 37.9 Å². The second-order valence-corrected chi connectivity index (χ2v) is 3.22. The number of rotatable bonds is 6. The molecule has 0 saturated carbocycles. The third-order valence-corrected chi connectivity index (χ3v) is 2.04. The van der Waals surface area contributed by atoms with E-state index in [0.717, 1.165) is 6.54 Å². The highest BCUT2D eigenvalue weighted by atomic mass is 16.5. The van der Waals surface area contributed by atoms with Gasteiger partial charge in [-0.15, -0.1) is 5.17 Å². The van der Waals surface area contributed by atoms with E-state index in [1.54, 1.807) is 0 Å². The van der Waals surface area contributed by atoms with Gasteiger partial charge in [-0.25, -0.2) is 5.01 Å². The van der Waals surface area contributed by atoms with Crippen LogP contribution in [0.4, 0.5) is 0 Å². The van der Waals surface area contributed by atoms with E-state index in [2.05, 4.69) is 0 Å². The molecule has 0 aliphatic heterocycles. The first-order valence-corrected chi connectivity index (χ1v) is 4.66. The molecule has 5 nitrogen and oxygen atoms in total. The normalized spacial score (nSPS) is 14.5. The van der Waals surface area contributed by atoms with E-state index >= 15 is 0 Å². The molecule has 3 N–H and O–H groups in total. The Balaban J connectivity index is 3.97. The number of hydrogen-bond acceptors (Lipinski definition) is 5. The van der Waals surface area contributed by atoms with Gasteiger partial charge in [-0.2, -0.15) is 0 Å². The fraction of sp³-hybridized carbons (Fsp3) is 1.00. The predicted molar refractivity (Wildman–Crippen MR) is 53.1 cm³/mol. The van der Waals surface area contributed by atoms with E-state index in [-0.39, 0.29) is 6.17 Å². The molecule has 0 radical (unpaired) electrons. The molecule has 5 heteroatoms. The predicted octanol–water partition coefficient (Wildman–Crippen LogP) is -0.219. The zero-order chi connectivity index (χ0) is 10.4. The van der Waals surface area contributed by atoms with Gasteiger partial charge in [0.25, 0.3) is 0 Å². The van der Waals surface area contributed by atoms with Crippen molar-refractivity contribution in [2.45, 2.75) is 20.0 Å². The third kappa shape index (κ3) is 4.54. The van der Waals surface area contributed by atoms with Crippen LogP contribution in [0.15, 0.2) is 0 Å². The molecule has 13 heavy (non-hydrogen) atoms. The summed E-state index contributed by atoms with van der Waals surface area (Å²) in [4.78, 5) is 1.92. The highest BCUT2D eigenvalue weighted by Gasteiger charge is 2.14. The average Bonchev–Trinajstić information content (AvgIpc) is 2.12. The fourth-order valence-electron chi connectivity index (χ4n) is 0.966. The molecule has 0 aromatic heterocycles. The summed E-state index contributed by atoms with van der Waals surface area (Å²) in [6, 6.07) is 0. The minimum atomic E-state index is -0.0545. The van der Waals surface area contributed by atoms with Gasteiger partial charge in [-0.05, 0) is 21.0 Å². The lowest BCUT2D eigenvalue weighted by atomic mass is 10.4. The maximum Gasteiger partial charge on any atom is 0.0713 e. The third-order valence-electron chi connectivity index (χ3n) is 2.04. The smallest absolute Gasteiger partial charge is 0.0713 e. The largest absolute Gasteiger partial charge is 0.315 e. The molecule has 1 unspecified atom stereocenters. The van der Waals surface area contributed by atoms with E-state index in [1.165, 1.54) is 5.17 Å². The fourth-order valence-corrected chi connectivity index (χ4v) is 0.966. The molecule has 0 rings (SSSR count). The molecule has 0 aliphatic carbocycles. The number of nitrogens with zero attached hydrogens (tertiary/aromatic N) is 3. The number of hydrazine groups is 1. The van der Waals surface area contributed by atoms with Crippen LogP contribution < -0.4 is 5.73 Å². The Hall–Kier alpha value is -0.200. The van der Waals surface area contributed by atoms with Gasteiger partial charge in [0.05, 0.1) is 6.17 Å². The minimum absolute atomic E-state index is 0.0545. The van der Waals surface area contributed by atoms with E-state index in [4.69, 9.17) is 5.73 Å². The second-order valence-electron chi connectivity index (χ2n) is 3.22. The highest BCUT2D eigenvalue weighted by Crippen LogP contribution is 1.96. The van der Waals surface area contributed by atoms with Gasteiger partial charge in [0.1, 0.15) is 0 Å². The summed E-state index contributed by atoms with van der Waals surface area (Å²) >= 11 is 0. The van der Waals surface area contributed by atoms with Gasteiger partial charge < -0.3 is 5.73 Å². The molecular weight excluding hydrogens is 168 g/mol. The molecule has 0 amide bonds. The lowest BCUT2D eigenvalue weighted by Gasteiger charge is -2.32. The van der Waals surface area contributed by atoms with Crippen LogP contribution in [0.5, 0.6) is 0 Å². The summed E-state index contributed by atoms with van der Waals surface area (Å²) in [7, 11) is 3.85. The average molecular weight is 190 g/mol. The van der Waals surface area contributed by atoms with Crippen molar-refractivity contribution in [3.63, 3.8) is 0 Å². The Labute approximate surface area is 80.6 Å². The highest BCUT2D eigenvalue weighted by molar-refractivity contribution is 4.61. The van der Waals surface area contributed by atoms with Crippen LogP contribution in [0.3, 0.4) is 0 Å². The first-order valence-electron chi connectivity index (χ1n) is 4.66. The summed E-state index contributed by atoms with van der Waals surface area (Å²) in [6.07, 6.45) is -0.0545. The molecule has 0 aromatic carbocycles. The Morgan fingerprint density at radius 2 is 1.77 bits per heavy atom. The van der Waals surface area contributed by atoms with Crippen LogP contribution in [0.1, 0.15) is 13.8 Å². The van der Waals surface area contributed by atoms with Crippen molar-refractivity contribution in [2.75, 3.05) is 33.7 Å². The van der Waals surface area contributed by atoms with Crippen molar-refractivity contribution in [1.29, 1.82) is 0 Å².